The van der Waals surface area contributed by atoms with Crippen LogP contribution in [0.2, 0.25) is 0 Å². The summed E-state index contributed by atoms with van der Waals surface area (Å²) in [6.07, 6.45) is -5.70. The van der Waals surface area contributed by atoms with Gasteiger partial charge in [0, 0.05) is 37.2 Å². The lowest BCUT2D eigenvalue weighted by Crippen LogP contribution is -2.37. The molecule has 2 heterocycles. The Bertz CT molecular complexity index is 1290. The number of benzene rings is 1. The molecule has 1 aliphatic heterocycles. The zero-order chi connectivity index (χ0) is 26.2. The third kappa shape index (κ3) is 4.51. The molecule has 3 unspecified atom stereocenters. The fourth-order valence-electron chi connectivity index (χ4n) is 4.34. The highest BCUT2D eigenvalue weighted by Crippen LogP contribution is 2.61. The maximum atomic E-state index is 13.7. The summed E-state index contributed by atoms with van der Waals surface area (Å²) < 4.78 is 95.6. The van der Waals surface area contributed by atoms with Gasteiger partial charge in [-0.1, -0.05) is 0 Å². The van der Waals surface area contributed by atoms with Crippen molar-refractivity contribution in [2.45, 2.75) is 54.3 Å². The van der Waals surface area contributed by atoms with E-state index in [1.54, 1.807) is 0 Å². The molecule has 2 aliphatic rings. The standard InChI is InChI=1S/C21H22F5N3O4S2/c1-11(21(24,25)26)33-14-5-4-12(35(3,31)32)6-13(14)16(30)29-9-19(8-20(19,27)10-29)15-7-34-17(28-15)18(2,22)23/h4-7,11H,8-10,27H2,1-3H3. The number of hydrogen-bond acceptors (Lipinski definition) is 7. The molecule has 1 aromatic carbocycles. The van der Waals surface area contributed by atoms with E-state index in [4.69, 9.17) is 10.5 Å². The van der Waals surface area contributed by atoms with Crippen molar-refractivity contribution in [3.63, 3.8) is 0 Å². The number of aromatic nitrogens is 1. The van der Waals surface area contributed by atoms with Gasteiger partial charge in [-0.25, -0.2) is 13.4 Å². The highest BCUT2D eigenvalue weighted by Gasteiger charge is 2.73. The van der Waals surface area contributed by atoms with Crippen molar-refractivity contribution >= 4 is 27.1 Å². The first-order valence-electron chi connectivity index (χ1n) is 10.4. The molecule has 1 aliphatic carbocycles. The van der Waals surface area contributed by atoms with Gasteiger partial charge < -0.3 is 15.4 Å². The number of amides is 1. The zero-order valence-electron chi connectivity index (χ0n) is 18.8. The second-order valence-corrected chi connectivity index (χ2v) is 12.1. The lowest BCUT2D eigenvalue weighted by Gasteiger charge is -2.24. The highest BCUT2D eigenvalue weighted by atomic mass is 32.2. The average molecular weight is 540 g/mol. The molecule has 2 aromatic rings. The molecule has 35 heavy (non-hydrogen) atoms. The maximum absolute atomic E-state index is 13.7. The zero-order valence-corrected chi connectivity index (χ0v) is 20.5. The van der Waals surface area contributed by atoms with E-state index in [0.717, 1.165) is 49.6 Å². The Kier molecular flexibility index (Phi) is 5.77. The number of hydrogen-bond donors (Lipinski definition) is 1. The third-order valence-electron chi connectivity index (χ3n) is 6.41. The van der Waals surface area contributed by atoms with Crippen LogP contribution in [0.3, 0.4) is 0 Å². The number of alkyl halides is 5. The molecule has 1 aromatic heterocycles. The van der Waals surface area contributed by atoms with Gasteiger partial charge in [0.05, 0.1) is 21.6 Å². The van der Waals surface area contributed by atoms with Crippen molar-refractivity contribution in [2.24, 2.45) is 5.73 Å². The number of rotatable bonds is 6. The van der Waals surface area contributed by atoms with Crippen LogP contribution >= 0.6 is 11.3 Å². The summed E-state index contributed by atoms with van der Waals surface area (Å²) in [6.45, 7) is 1.45. The summed E-state index contributed by atoms with van der Waals surface area (Å²) >= 11 is 0.776. The number of likely N-dealkylation sites (tertiary alicyclic amines) is 1. The fraction of sp³-hybridized carbons (Fsp3) is 0.524. The van der Waals surface area contributed by atoms with Crippen LogP contribution in [0.1, 0.15) is 41.3 Å². The number of ether oxygens (including phenoxy) is 1. The van der Waals surface area contributed by atoms with Crippen molar-refractivity contribution < 1.29 is 39.9 Å². The summed E-state index contributed by atoms with van der Waals surface area (Å²) in [4.78, 5) is 18.4. The van der Waals surface area contributed by atoms with E-state index in [0.29, 0.717) is 12.1 Å². The first kappa shape index (κ1) is 25.8. The van der Waals surface area contributed by atoms with Gasteiger partial charge in [0.2, 0.25) is 0 Å². The molecule has 7 nitrogen and oxygen atoms in total. The first-order chi connectivity index (χ1) is 15.9. The number of piperidine rings is 1. The number of thiazole rings is 1. The Labute approximate surface area is 202 Å². The van der Waals surface area contributed by atoms with E-state index < -0.39 is 55.7 Å². The minimum atomic E-state index is -4.72. The van der Waals surface area contributed by atoms with Crippen molar-refractivity contribution in [3.8, 4) is 5.75 Å². The molecule has 1 saturated carbocycles. The lowest BCUT2D eigenvalue weighted by atomic mass is 10.00. The molecule has 0 radical (unpaired) electrons. The van der Waals surface area contributed by atoms with E-state index in [9.17, 15) is 35.2 Å². The summed E-state index contributed by atoms with van der Waals surface area (Å²) in [5.41, 5.74) is 4.55. The number of carbonyl (C=O) groups excluding carboxylic acids is 1. The molecule has 2 fully saturated rings. The van der Waals surface area contributed by atoms with Gasteiger partial charge in [0.25, 0.3) is 11.8 Å². The topological polar surface area (TPSA) is 103 Å². The van der Waals surface area contributed by atoms with E-state index in [-0.39, 0.29) is 23.5 Å². The largest absolute Gasteiger partial charge is 0.480 e. The van der Waals surface area contributed by atoms with Gasteiger partial charge in [-0.15, -0.1) is 11.3 Å². The Balaban J connectivity index is 1.67. The van der Waals surface area contributed by atoms with Gasteiger partial charge in [0.15, 0.2) is 20.9 Å². The number of nitrogens with two attached hydrogens (primary N) is 1. The van der Waals surface area contributed by atoms with Gasteiger partial charge in [-0.3, -0.25) is 4.79 Å². The summed E-state index contributed by atoms with van der Waals surface area (Å²) in [6, 6.07) is 3.03. The number of sulfone groups is 1. The molecular formula is C21H22F5N3O4S2. The van der Waals surface area contributed by atoms with Crippen LogP contribution in [0, 0.1) is 0 Å². The third-order valence-corrected chi connectivity index (χ3v) is 8.53. The molecule has 0 bridgehead atoms. The van der Waals surface area contributed by atoms with E-state index in [2.05, 4.69) is 4.98 Å². The van der Waals surface area contributed by atoms with Gasteiger partial charge >= 0.3 is 6.18 Å². The SMILES string of the molecule is CC(Oc1ccc(S(C)(=O)=O)cc1C(=O)N1CC2(N)CC2(c2csc(C(C)(F)F)n2)C1)C(F)(F)F. The number of fused-ring (bicyclic) bond motifs is 1. The normalized spacial score (nSPS) is 25.3. The second-order valence-electron chi connectivity index (χ2n) is 9.23. The molecule has 3 atom stereocenters. The van der Waals surface area contributed by atoms with Gasteiger partial charge in [-0.2, -0.15) is 22.0 Å². The summed E-state index contributed by atoms with van der Waals surface area (Å²) in [7, 11) is -3.79. The average Bonchev–Trinajstić information content (AvgIpc) is 3.07. The lowest BCUT2D eigenvalue weighted by molar-refractivity contribution is -0.189. The first-order valence-corrected chi connectivity index (χ1v) is 13.1. The van der Waals surface area contributed by atoms with E-state index >= 15 is 0 Å². The Morgan fingerprint density at radius 2 is 1.91 bits per heavy atom. The molecule has 1 amide bonds. The minimum Gasteiger partial charge on any atom is -0.480 e. The smallest absolute Gasteiger partial charge is 0.425 e. The molecular weight excluding hydrogens is 517 g/mol. The van der Waals surface area contributed by atoms with Crippen molar-refractivity contribution in [1.82, 2.24) is 9.88 Å². The van der Waals surface area contributed by atoms with Crippen molar-refractivity contribution in [1.29, 1.82) is 0 Å². The Morgan fingerprint density at radius 3 is 2.46 bits per heavy atom. The van der Waals surface area contributed by atoms with E-state index in [1.807, 2.05) is 0 Å². The van der Waals surface area contributed by atoms with Gasteiger partial charge in [0.1, 0.15) is 5.75 Å². The molecule has 0 spiro atoms. The monoisotopic (exact) mass is 539 g/mol. The highest BCUT2D eigenvalue weighted by molar-refractivity contribution is 7.90. The van der Waals surface area contributed by atoms with Crippen LogP contribution in [-0.4, -0.2) is 61.4 Å². The summed E-state index contributed by atoms with van der Waals surface area (Å²) in [5, 5.41) is 1.08. The minimum absolute atomic E-state index is 0.0153. The Hall–Kier alpha value is -2.32. The number of halogens is 5. The van der Waals surface area contributed by atoms with Crippen LogP contribution < -0.4 is 10.5 Å². The molecule has 14 heteroatoms. The maximum Gasteiger partial charge on any atom is 0.425 e. The molecule has 4 rings (SSSR count). The molecule has 1 saturated heterocycles. The van der Waals surface area contributed by atoms with Gasteiger partial charge in [-0.05, 0) is 31.5 Å². The summed E-state index contributed by atoms with van der Waals surface area (Å²) in [5.74, 6) is -4.37. The van der Waals surface area contributed by atoms with Crippen molar-refractivity contribution in [2.75, 3.05) is 19.3 Å². The van der Waals surface area contributed by atoms with Crippen LogP contribution in [0.25, 0.3) is 0 Å². The molecule has 2 N–H and O–H groups in total. The Morgan fingerprint density at radius 1 is 1.26 bits per heavy atom. The number of carbonyl (C=O) groups is 1. The second kappa shape index (κ2) is 7.84. The fourth-order valence-corrected chi connectivity index (χ4v) is 5.85. The van der Waals surface area contributed by atoms with Crippen molar-refractivity contribution in [3.05, 3.63) is 39.8 Å². The van der Waals surface area contributed by atoms with E-state index in [1.165, 1.54) is 10.3 Å². The predicted octanol–water partition coefficient (Wildman–Crippen LogP) is 3.48. The molecule has 192 valence electrons. The van der Waals surface area contributed by atoms with Crippen LogP contribution in [0.4, 0.5) is 22.0 Å². The van der Waals surface area contributed by atoms with Crippen LogP contribution in [-0.2, 0) is 21.2 Å². The van der Waals surface area contributed by atoms with Crippen LogP contribution in [0.15, 0.2) is 28.5 Å². The number of nitrogens with zero attached hydrogens (tertiary/aromatic N) is 2. The quantitative estimate of drug-likeness (QED) is 0.564. The predicted molar refractivity (Wildman–Crippen MR) is 116 cm³/mol. The van der Waals surface area contributed by atoms with Crippen LogP contribution in [0.5, 0.6) is 5.75 Å².